The van der Waals surface area contributed by atoms with Gasteiger partial charge in [0.1, 0.15) is 5.82 Å². The van der Waals surface area contributed by atoms with Crippen LogP contribution in [0.5, 0.6) is 0 Å². The summed E-state index contributed by atoms with van der Waals surface area (Å²) in [4.78, 5) is 23.6. The minimum absolute atomic E-state index is 0.282. The Morgan fingerprint density at radius 2 is 1.80 bits per heavy atom. The zero-order valence-electron chi connectivity index (χ0n) is 13.7. The van der Waals surface area contributed by atoms with E-state index in [9.17, 15) is 14.0 Å². The molecular formula is C19H19ClFNO3. The first-order valence-electron chi connectivity index (χ1n) is 7.88. The van der Waals surface area contributed by atoms with Crippen LogP contribution in [0, 0.1) is 11.7 Å². The minimum atomic E-state index is -1.05. The average Bonchev–Trinajstić information content (AvgIpc) is 2.56. The normalized spacial score (nSPS) is 13.1. The first-order chi connectivity index (χ1) is 11.9. The molecule has 0 bridgehead atoms. The third-order valence-electron chi connectivity index (χ3n) is 3.90. The molecule has 0 spiro atoms. The molecule has 6 heteroatoms. The van der Waals surface area contributed by atoms with Crippen molar-refractivity contribution in [1.29, 1.82) is 0 Å². The topological polar surface area (TPSA) is 66.4 Å². The number of rotatable bonds is 7. The van der Waals surface area contributed by atoms with E-state index in [1.807, 2.05) is 18.2 Å². The quantitative estimate of drug-likeness (QED) is 0.781. The molecule has 0 aliphatic heterocycles. The lowest BCUT2D eigenvalue weighted by atomic mass is 9.98. The van der Waals surface area contributed by atoms with Gasteiger partial charge >= 0.3 is 5.97 Å². The highest BCUT2D eigenvalue weighted by Gasteiger charge is 2.22. The second kappa shape index (κ2) is 8.62. The highest BCUT2D eigenvalue weighted by molar-refractivity contribution is 6.31. The first-order valence-corrected chi connectivity index (χ1v) is 8.25. The molecule has 2 aromatic rings. The Labute approximate surface area is 150 Å². The molecule has 0 aliphatic carbocycles. The van der Waals surface area contributed by atoms with Crippen molar-refractivity contribution in [1.82, 2.24) is 5.32 Å². The van der Waals surface area contributed by atoms with Crippen LogP contribution in [-0.4, -0.2) is 17.0 Å². The van der Waals surface area contributed by atoms with Gasteiger partial charge in [-0.15, -0.1) is 0 Å². The number of nitrogens with one attached hydrogen (secondary N) is 1. The number of halogens is 2. The molecule has 132 valence electrons. The Balaban J connectivity index is 2.09. The minimum Gasteiger partial charge on any atom is -0.481 e. The average molecular weight is 364 g/mol. The van der Waals surface area contributed by atoms with Crippen LogP contribution in [0.3, 0.4) is 0 Å². The van der Waals surface area contributed by atoms with E-state index in [0.29, 0.717) is 17.0 Å². The summed E-state index contributed by atoms with van der Waals surface area (Å²) in [6, 6.07) is 12.0. The van der Waals surface area contributed by atoms with Crippen molar-refractivity contribution in [3.63, 3.8) is 0 Å². The summed E-state index contributed by atoms with van der Waals surface area (Å²) >= 11 is 6.11. The maximum absolute atomic E-state index is 13.1. The summed E-state index contributed by atoms with van der Waals surface area (Å²) in [5.74, 6) is -2.14. The van der Waals surface area contributed by atoms with Crippen molar-refractivity contribution in [2.45, 2.75) is 25.8 Å². The smallest absolute Gasteiger partial charge is 0.305 e. The molecule has 2 aromatic carbocycles. The molecule has 0 saturated heterocycles. The number of amides is 1. The van der Waals surface area contributed by atoms with Crippen LogP contribution in [-0.2, 0) is 16.0 Å². The van der Waals surface area contributed by atoms with E-state index in [2.05, 4.69) is 5.32 Å². The highest BCUT2D eigenvalue weighted by atomic mass is 35.5. The molecular weight excluding hydrogens is 345 g/mol. The number of carboxylic acids is 1. The molecule has 25 heavy (non-hydrogen) atoms. The van der Waals surface area contributed by atoms with Gasteiger partial charge in [-0.05, 0) is 35.7 Å². The van der Waals surface area contributed by atoms with Crippen LogP contribution in [0.15, 0.2) is 48.5 Å². The molecule has 0 radical (unpaired) electrons. The van der Waals surface area contributed by atoms with E-state index in [4.69, 9.17) is 16.7 Å². The van der Waals surface area contributed by atoms with E-state index >= 15 is 0 Å². The van der Waals surface area contributed by atoms with Gasteiger partial charge in [-0.25, -0.2) is 4.39 Å². The SMILES string of the molecule is CC(Cc1ccccc1Cl)C(=O)NC(CC(=O)O)c1ccc(F)cc1. The van der Waals surface area contributed by atoms with Crippen molar-refractivity contribution < 1.29 is 19.1 Å². The fourth-order valence-corrected chi connectivity index (χ4v) is 2.74. The van der Waals surface area contributed by atoms with Crippen molar-refractivity contribution in [3.05, 3.63) is 70.5 Å². The fourth-order valence-electron chi connectivity index (χ4n) is 2.52. The van der Waals surface area contributed by atoms with E-state index in [0.717, 1.165) is 5.56 Å². The van der Waals surface area contributed by atoms with E-state index < -0.39 is 23.7 Å². The molecule has 2 N–H and O–H groups in total. The molecule has 2 unspecified atom stereocenters. The monoisotopic (exact) mass is 363 g/mol. The number of hydrogen-bond acceptors (Lipinski definition) is 2. The summed E-state index contributed by atoms with van der Waals surface area (Å²) in [5, 5.41) is 12.4. The van der Waals surface area contributed by atoms with Gasteiger partial charge in [-0.3, -0.25) is 9.59 Å². The lowest BCUT2D eigenvalue weighted by Crippen LogP contribution is -2.35. The Hall–Kier alpha value is -2.40. The Morgan fingerprint density at radius 3 is 2.40 bits per heavy atom. The zero-order chi connectivity index (χ0) is 18.4. The number of carbonyl (C=O) groups excluding carboxylic acids is 1. The van der Waals surface area contributed by atoms with Crippen LogP contribution in [0.4, 0.5) is 4.39 Å². The molecule has 2 rings (SSSR count). The highest BCUT2D eigenvalue weighted by Crippen LogP contribution is 2.21. The van der Waals surface area contributed by atoms with Crippen LogP contribution >= 0.6 is 11.6 Å². The predicted molar refractivity (Wildman–Crippen MR) is 93.9 cm³/mol. The molecule has 2 atom stereocenters. The third kappa shape index (κ3) is 5.57. The fraction of sp³-hybridized carbons (Fsp3) is 0.263. The summed E-state index contributed by atoms with van der Waals surface area (Å²) in [7, 11) is 0. The molecule has 0 saturated carbocycles. The van der Waals surface area contributed by atoms with Gasteiger partial charge in [0.15, 0.2) is 0 Å². The molecule has 1 amide bonds. The summed E-state index contributed by atoms with van der Waals surface area (Å²) in [5.41, 5.74) is 1.39. The van der Waals surface area contributed by atoms with Crippen LogP contribution < -0.4 is 5.32 Å². The Kier molecular flexibility index (Phi) is 6.53. The van der Waals surface area contributed by atoms with Crippen molar-refractivity contribution >= 4 is 23.5 Å². The number of benzene rings is 2. The zero-order valence-corrected chi connectivity index (χ0v) is 14.5. The van der Waals surface area contributed by atoms with Gasteiger partial charge in [-0.2, -0.15) is 0 Å². The molecule has 0 aliphatic rings. The van der Waals surface area contributed by atoms with Crippen LogP contribution in [0.1, 0.15) is 30.5 Å². The van der Waals surface area contributed by atoms with Gasteiger partial charge in [0.25, 0.3) is 0 Å². The number of carboxylic acid groups (broad SMARTS) is 1. The summed E-state index contributed by atoms with van der Waals surface area (Å²) in [6.45, 7) is 1.75. The number of carbonyl (C=O) groups is 2. The van der Waals surface area contributed by atoms with Crippen molar-refractivity contribution in [3.8, 4) is 0 Å². The van der Waals surface area contributed by atoms with E-state index in [-0.39, 0.29) is 12.3 Å². The van der Waals surface area contributed by atoms with Gasteiger partial charge in [0, 0.05) is 10.9 Å². The standard InChI is InChI=1S/C19H19ClFNO3/c1-12(10-14-4-2-3-5-16(14)20)19(25)22-17(11-18(23)24)13-6-8-15(21)9-7-13/h2-9,12,17H,10-11H2,1H3,(H,22,25)(H,23,24). The van der Waals surface area contributed by atoms with Gasteiger partial charge < -0.3 is 10.4 Å². The third-order valence-corrected chi connectivity index (χ3v) is 4.27. The molecule has 4 nitrogen and oxygen atoms in total. The van der Waals surface area contributed by atoms with Gasteiger partial charge in [-0.1, -0.05) is 48.9 Å². The van der Waals surface area contributed by atoms with Crippen LogP contribution in [0.2, 0.25) is 5.02 Å². The van der Waals surface area contributed by atoms with Gasteiger partial charge in [0.05, 0.1) is 12.5 Å². The largest absolute Gasteiger partial charge is 0.481 e. The van der Waals surface area contributed by atoms with E-state index in [1.165, 1.54) is 24.3 Å². The molecule has 0 fully saturated rings. The Morgan fingerprint density at radius 1 is 1.16 bits per heavy atom. The predicted octanol–water partition coefficient (Wildman–Crippen LogP) is 3.99. The molecule has 0 heterocycles. The van der Waals surface area contributed by atoms with Crippen molar-refractivity contribution in [2.75, 3.05) is 0 Å². The second-order valence-corrected chi connectivity index (χ2v) is 6.31. The van der Waals surface area contributed by atoms with Crippen LogP contribution in [0.25, 0.3) is 0 Å². The second-order valence-electron chi connectivity index (χ2n) is 5.91. The number of hydrogen-bond donors (Lipinski definition) is 2. The van der Waals surface area contributed by atoms with Crippen molar-refractivity contribution in [2.24, 2.45) is 5.92 Å². The lowest BCUT2D eigenvalue weighted by molar-refractivity contribution is -0.137. The summed E-state index contributed by atoms with van der Waals surface area (Å²) < 4.78 is 13.1. The maximum atomic E-state index is 13.1. The number of aliphatic carboxylic acids is 1. The lowest BCUT2D eigenvalue weighted by Gasteiger charge is -2.20. The van der Waals surface area contributed by atoms with Gasteiger partial charge in [0.2, 0.25) is 5.91 Å². The molecule has 0 aromatic heterocycles. The maximum Gasteiger partial charge on any atom is 0.305 e. The summed E-state index contributed by atoms with van der Waals surface area (Å²) in [6.07, 6.45) is 0.158. The van der Waals surface area contributed by atoms with E-state index in [1.54, 1.807) is 13.0 Å². The first kappa shape index (κ1) is 18.9. The Bertz CT molecular complexity index is 749.